The molecule has 0 saturated heterocycles. The second kappa shape index (κ2) is 9.02. The zero-order chi connectivity index (χ0) is 23.6. The van der Waals surface area contributed by atoms with Crippen LogP contribution in [0.2, 0.25) is 0 Å². The van der Waals surface area contributed by atoms with Crippen LogP contribution in [0.25, 0.3) is 22.4 Å². The van der Waals surface area contributed by atoms with Crippen molar-refractivity contribution < 1.29 is 26.0 Å². The van der Waals surface area contributed by atoms with Gasteiger partial charge in [0.2, 0.25) is 0 Å². The third-order valence-electron chi connectivity index (χ3n) is 4.75. The van der Waals surface area contributed by atoms with Crippen molar-refractivity contribution in [3.63, 3.8) is 0 Å². The summed E-state index contributed by atoms with van der Waals surface area (Å²) in [6.45, 7) is -0.761. The highest BCUT2D eigenvalue weighted by molar-refractivity contribution is 7.92. The summed E-state index contributed by atoms with van der Waals surface area (Å²) in [4.78, 5) is 2.97. The lowest BCUT2D eigenvalue weighted by molar-refractivity contribution is 0.427. The average molecular weight is 476 g/mol. The lowest BCUT2D eigenvalue weighted by atomic mass is 10.0. The Kier molecular flexibility index (Phi) is 6.14. The standard InChI is InChI=1S/C22H16F4N4O2S/c23-8-11-30-13-17(14-6-9-27-10-7-14)22(28-30)16-2-1-3-19(21(16)26)29-33(31,32)20-12-15(24)4-5-18(20)25/h1-7,9-10,12-13,29H,8,11H2. The molecule has 2 heterocycles. The van der Waals surface area contributed by atoms with Crippen LogP contribution in [0.4, 0.5) is 23.2 Å². The van der Waals surface area contributed by atoms with E-state index in [9.17, 15) is 21.6 Å². The fourth-order valence-corrected chi connectivity index (χ4v) is 4.39. The maximum absolute atomic E-state index is 15.4. The van der Waals surface area contributed by atoms with Crippen LogP contribution < -0.4 is 4.72 Å². The van der Waals surface area contributed by atoms with Gasteiger partial charge in [0, 0.05) is 29.7 Å². The molecule has 0 bridgehead atoms. The third kappa shape index (κ3) is 4.58. The number of nitrogens with zero attached hydrogens (tertiary/aromatic N) is 3. The summed E-state index contributed by atoms with van der Waals surface area (Å²) in [7, 11) is -4.64. The van der Waals surface area contributed by atoms with Gasteiger partial charge < -0.3 is 0 Å². The van der Waals surface area contributed by atoms with Gasteiger partial charge in [0.25, 0.3) is 10.0 Å². The first-order valence-electron chi connectivity index (χ1n) is 9.60. The summed E-state index contributed by atoms with van der Waals surface area (Å²) in [5.41, 5.74) is 0.694. The lowest BCUT2D eigenvalue weighted by Gasteiger charge is -2.12. The molecule has 0 aliphatic rings. The maximum Gasteiger partial charge on any atom is 0.265 e. The quantitative estimate of drug-likeness (QED) is 0.389. The Hall–Kier alpha value is -3.73. The Morgan fingerprint density at radius 2 is 1.73 bits per heavy atom. The summed E-state index contributed by atoms with van der Waals surface area (Å²) < 4.78 is 84.3. The number of halogens is 4. The van der Waals surface area contributed by atoms with Crippen molar-refractivity contribution in [3.8, 4) is 22.4 Å². The molecule has 0 fully saturated rings. The highest BCUT2D eigenvalue weighted by Crippen LogP contribution is 2.35. The van der Waals surface area contributed by atoms with Crippen LogP contribution in [0.5, 0.6) is 0 Å². The van der Waals surface area contributed by atoms with E-state index in [2.05, 4.69) is 10.1 Å². The number of alkyl halides is 1. The van der Waals surface area contributed by atoms with E-state index in [-0.39, 0.29) is 17.8 Å². The maximum atomic E-state index is 15.4. The Bertz CT molecular complexity index is 1410. The fraction of sp³-hybridized carbons (Fsp3) is 0.0909. The van der Waals surface area contributed by atoms with E-state index >= 15 is 4.39 Å². The first kappa shape index (κ1) is 22.5. The van der Waals surface area contributed by atoms with E-state index in [1.165, 1.54) is 29.2 Å². The van der Waals surface area contributed by atoms with Crippen LogP contribution in [0.15, 0.2) is 72.0 Å². The molecule has 0 unspecified atom stereocenters. The molecular formula is C22H16F4N4O2S. The molecule has 0 amide bonds. The molecule has 11 heteroatoms. The number of hydrogen-bond donors (Lipinski definition) is 1. The molecule has 170 valence electrons. The van der Waals surface area contributed by atoms with E-state index < -0.39 is 44.7 Å². The molecule has 0 aliphatic heterocycles. The number of benzene rings is 2. The van der Waals surface area contributed by atoms with Crippen LogP contribution in [0, 0.1) is 17.5 Å². The number of sulfonamides is 1. The summed E-state index contributed by atoms with van der Waals surface area (Å²) in [6, 6.07) is 9.15. The molecule has 0 atom stereocenters. The van der Waals surface area contributed by atoms with Crippen molar-refractivity contribution >= 4 is 15.7 Å². The smallest absolute Gasteiger partial charge is 0.265 e. The summed E-state index contributed by atoms with van der Waals surface area (Å²) >= 11 is 0. The minimum absolute atomic E-state index is 0.0646. The van der Waals surface area contributed by atoms with E-state index in [1.54, 1.807) is 18.3 Å². The SMILES string of the molecule is O=S(=O)(Nc1cccc(-c2nn(CCF)cc2-c2ccncc2)c1F)c1cc(F)ccc1F. The first-order chi connectivity index (χ1) is 15.8. The Labute approximate surface area is 186 Å². The van der Waals surface area contributed by atoms with Gasteiger partial charge in [0.15, 0.2) is 5.82 Å². The van der Waals surface area contributed by atoms with Crippen molar-refractivity contribution in [3.05, 3.63) is 84.6 Å². The zero-order valence-electron chi connectivity index (χ0n) is 16.8. The summed E-state index contributed by atoms with van der Waals surface area (Å²) in [5, 5.41) is 4.26. The second-order valence-corrected chi connectivity index (χ2v) is 8.58. The van der Waals surface area contributed by atoms with Crippen molar-refractivity contribution in [2.45, 2.75) is 11.4 Å². The molecule has 1 N–H and O–H groups in total. The molecule has 2 aromatic heterocycles. The minimum Gasteiger partial charge on any atom is -0.277 e. The first-order valence-corrected chi connectivity index (χ1v) is 11.1. The second-order valence-electron chi connectivity index (χ2n) is 6.93. The van der Waals surface area contributed by atoms with Gasteiger partial charge >= 0.3 is 0 Å². The third-order valence-corrected chi connectivity index (χ3v) is 6.13. The normalized spacial score (nSPS) is 11.5. The molecule has 0 aliphatic carbocycles. The largest absolute Gasteiger partial charge is 0.277 e. The Balaban J connectivity index is 1.79. The van der Waals surface area contributed by atoms with E-state index in [4.69, 9.17) is 0 Å². The molecular weight excluding hydrogens is 460 g/mol. The van der Waals surface area contributed by atoms with Crippen LogP contribution in [0.1, 0.15) is 0 Å². The lowest BCUT2D eigenvalue weighted by Crippen LogP contribution is -2.16. The average Bonchev–Trinajstić information content (AvgIpc) is 3.21. The van der Waals surface area contributed by atoms with Gasteiger partial charge in [0.05, 0.1) is 12.2 Å². The molecule has 2 aromatic carbocycles. The van der Waals surface area contributed by atoms with Crippen LogP contribution in [0.3, 0.4) is 0 Å². The fourth-order valence-electron chi connectivity index (χ4n) is 3.24. The van der Waals surface area contributed by atoms with Gasteiger partial charge in [-0.3, -0.25) is 14.4 Å². The topological polar surface area (TPSA) is 76.9 Å². The zero-order valence-corrected chi connectivity index (χ0v) is 17.7. The van der Waals surface area contributed by atoms with Crippen molar-refractivity contribution in [1.29, 1.82) is 0 Å². The predicted molar refractivity (Wildman–Crippen MR) is 114 cm³/mol. The number of anilines is 1. The molecule has 0 spiro atoms. The van der Waals surface area contributed by atoms with Crippen LogP contribution in [-0.2, 0) is 16.6 Å². The monoisotopic (exact) mass is 476 g/mol. The van der Waals surface area contributed by atoms with Crippen molar-refractivity contribution in [2.75, 3.05) is 11.4 Å². The van der Waals surface area contributed by atoms with Gasteiger partial charge in [-0.25, -0.2) is 26.0 Å². The highest BCUT2D eigenvalue weighted by atomic mass is 32.2. The Morgan fingerprint density at radius 3 is 2.45 bits per heavy atom. The van der Waals surface area contributed by atoms with Crippen LogP contribution >= 0.6 is 0 Å². The van der Waals surface area contributed by atoms with Gasteiger partial charge in [-0.1, -0.05) is 6.07 Å². The van der Waals surface area contributed by atoms with Gasteiger partial charge in [0.1, 0.15) is 28.9 Å². The minimum atomic E-state index is -4.64. The number of aryl methyl sites for hydroxylation is 1. The number of rotatable bonds is 7. The number of pyridine rings is 1. The number of hydrogen-bond acceptors (Lipinski definition) is 4. The van der Waals surface area contributed by atoms with E-state index in [1.807, 2.05) is 4.72 Å². The van der Waals surface area contributed by atoms with Crippen LogP contribution in [-0.4, -0.2) is 29.9 Å². The molecule has 4 aromatic rings. The highest BCUT2D eigenvalue weighted by Gasteiger charge is 2.24. The van der Waals surface area contributed by atoms with E-state index in [0.717, 1.165) is 12.1 Å². The molecule has 4 rings (SSSR count). The predicted octanol–water partition coefficient (Wildman–Crippen LogP) is 4.80. The summed E-state index contributed by atoms with van der Waals surface area (Å²) in [6.07, 6.45) is 4.60. The summed E-state index contributed by atoms with van der Waals surface area (Å²) in [5.74, 6) is -3.14. The molecule has 33 heavy (non-hydrogen) atoms. The van der Waals surface area contributed by atoms with E-state index in [0.29, 0.717) is 23.3 Å². The molecule has 0 saturated carbocycles. The van der Waals surface area contributed by atoms with Gasteiger partial charge in [-0.15, -0.1) is 0 Å². The van der Waals surface area contributed by atoms with Crippen molar-refractivity contribution in [2.24, 2.45) is 0 Å². The number of aromatic nitrogens is 3. The van der Waals surface area contributed by atoms with Crippen molar-refractivity contribution in [1.82, 2.24) is 14.8 Å². The van der Waals surface area contributed by atoms with Gasteiger partial charge in [-0.2, -0.15) is 5.10 Å². The Morgan fingerprint density at radius 1 is 0.970 bits per heavy atom. The molecule has 0 radical (unpaired) electrons. The number of nitrogens with one attached hydrogen (secondary N) is 1. The van der Waals surface area contributed by atoms with Gasteiger partial charge in [-0.05, 0) is 48.0 Å². The molecule has 6 nitrogen and oxygen atoms in total.